The molecule has 1 aliphatic rings. The Morgan fingerprint density at radius 1 is 1.45 bits per heavy atom. The van der Waals surface area contributed by atoms with Crippen LogP contribution in [0.15, 0.2) is 24.3 Å². The summed E-state index contributed by atoms with van der Waals surface area (Å²) in [6, 6.07) is 7.77. The third kappa shape index (κ3) is 3.00. The lowest BCUT2D eigenvalue weighted by Gasteiger charge is -2.36. The fourth-order valence-corrected chi connectivity index (χ4v) is 2.65. The Hall–Kier alpha value is -2.28. The Morgan fingerprint density at radius 3 is 2.90 bits per heavy atom. The summed E-state index contributed by atoms with van der Waals surface area (Å²) >= 11 is 0. The van der Waals surface area contributed by atoms with E-state index in [4.69, 9.17) is 6.42 Å². The molecule has 4 nitrogen and oxygen atoms in total. The molecule has 1 atom stereocenters. The first-order valence-corrected chi connectivity index (χ1v) is 6.68. The molecule has 2 amide bonds. The molecule has 1 aliphatic heterocycles. The largest absolute Gasteiger partial charge is 0.345 e. The van der Waals surface area contributed by atoms with Gasteiger partial charge in [-0.05, 0) is 17.5 Å². The van der Waals surface area contributed by atoms with Crippen LogP contribution in [0.2, 0.25) is 0 Å². The highest BCUT2D eigenvalue weighted by Gasteiger charge is 2.30. The van der Waals surface area contributed by atoms with Gasteiger partial charge in [0.05, 0.1) is 19.0 Å². The fraction of sp³-hybridized carbons (Fsp3) is 0.375. The minimum Gasteiger partial charge on any atom is -0.345 e. The Labute approximate surface area is 119 Å². The molecular formula is C16H18N2O2. The zero-order chi connectivity index (χ0) is 14.5. The summed E-state index contributed by atoms with van der Waals surface area (Å²) in [5, 5.41) is 2.66. The third-order valence-electron chi connectivity index (χ3n) is 3.58. The Morgan fingerprint density at radius 2 is 2.20 bits per heavy atom. The van der Waals surface area contributed by atoms with E-state index in [0.29, 0.717) is 6.54 Å². The van der Waals surface area contributed by atoms with Crippen molar-refractivity contribution in [2.45, 2.75) is 25.8 Å². The Kier molecular flexibility index (Phi) is 4.41. The van der Waals surface area contributed by atoms with Gasteiger partial charge in [-0.2, -0.15) is 0 Å². The molecule has 104 valence electrons. The van der Waals surface area contributed by atoms with Crippen molar-refractivity contribution < 1.29 is 9.59 Å². The van der Waals surface area contributed by atoms with Crippen molar-refractivity contribution >= 4 is 11.8 Å². The lowest BCUT2D eigenvalue weighted by atomic mass is 9.90. The molecule has 4 heteroatoms. The number of rotatable bonds is 3. The minimum absolute atomic E-state index is 0.00532. The van der Waals surface area contributed by atoms with E-state index in [1.807, 2.05) is 18.2 Å². The molecule has 20 heavy (non-hydrogen) atoms. The van der Waals surface area contributed by atoms with Crippen molar-refractivity contribution in [3.63, 3.8) is 0 Å². The first-order valence-electron chi connectivity index (χ1n) is 6.68. The van der Waals surface area contributed by atoms with Gasteiger partial charge in [0.15, 0.2) is 0 Å². The molecule has 2 rings (SSSR count). The zero-order valence-corrected chi connectivity index (χ0v) is 11.6. The van der Waals surface area contributed by atoms with Gasteiger partial charge < -0.3 is 10.2 Å². The summed E-state index contributed by atoms with van der Waals surface area (Å²) < 4.78 is 0. The maximum atomic E-state index is 11.9. The Balaban J connectivity index is 2.23. The molecule has 1 unspecified atom stereocenters. The number of hydrogen-bond donors (Lipinski definition) is 1. The van der Waals surface area contributed by atoms with E-state index in [1.165, 1.54) is 5.56 Å². The van der Waals surface area contributed by atoms with E-state index >= 15 is 0 Å². The van der Waals surface area contributed by atoms with Crippen molar-refractivity contribution in [1.82, 2.24) is 10.2 Å². The lowest BCUT2D eigenvalue weighted by molar-refractivity contribution is -0.133. The number of carbonyl (C=O) groups is 2. The molecule has 1 heterocycles. The monoisotopic (exact) mass is 270 g/mol. The molecule has 0 aromatic heterocycles. The number of benzene rings is 1. The summed E-state index contributed by atoms with van der Waals surface area (Å²) in [5.74, 6) is 2.24. The van der Waals surface area contributed by atoms with Crippen LogP contribution in [0.5, 0.6) is 0 Å². The second kappa shape index (κ2) is 6.25. The predicted octanol–water partition coefficient (Wildman–Crippen LogP) is 1.27. The van der Waals surface area contributed by atoms with Crippen LogP contribution in [0.4, 0.5) is 0 Å². The van der Waals surface area contributed by atoms with Crippen LogP contribution in [0.3, 0.4) is 0 Å². The molecular weight excluding hydrogens is 252 g/mol. The molecule has 0 saturated heterocycles. The Bertz CT molecular complexity index is 560. The van der Waals surface area contributed by atoms with Gasteiger partial charge in [-0.3, -0.25) is 9.59 Å². The number of fused-ring (bicyclic) bond motifs is 1. The molecule has 1 aromatic rings. The van der Waals surface area contributed by atoms with Crippen molar-refractivity contribution in [3.05, 3.63) is 35.4 Å². The number of carbonyl (C=O) groups excluding carboxylic acids is 2. The second-order valence-corrected chi connectivity index (χ2v) is 4.86. The molecule has 0 fully saturated rings. The molecule has 1 aromatic carbocycles. The van der Waals surface area contributed by atoms with Gasteiger partial charge in [-0.15, -0.1) is 6.42 Å². The van der Waals surface area contributed by atoms with E-state index in [1.54, 1.807) is 11.8 Å². The third-order valence-corrected chi connectivity index (χ3v) is 3.58. The van der Waals surface area contributed by atoms with Crippen LogP contribution < -0.4 is 5.32 Å². The van der Waals surface area contributed by atoms with Crippen LogP contribution in [0.1, 0.15) is 30.5 Å². The summed E-state index contributed by atoms with van der Waals surface area (Å²) in [4.78, 5) is 25.4. The maximum absolute atomic E-state index is 11.9. The normalized spacial score (nSPS) is 17.0. The first-order chi connectivity index (χ1) is 9.63. The summed E-state index contributed by atoms with van der Waals surface area (Å²) in [6.07, 6.45) is 6.21. The summed E-state index contributed by atoms with van der Waals surface area (Å²) in [6.45, 7) is 2.41. The SMILES string of the molecule is C#CCNC(=O)CC1c2ccccc2CCN1C(C)=O. The second-order valence-electron chi connectivity index (χ2n) is 4.86. The molecule has 1 N–H and O–H groups in total. The van der Waals surface area contributed by atoms with Gasteiger partial charge in [-0.1, -0.05) is 30.2 Å². The number of hydrogen-bond acceptors (Lipinski definition) is 2. The van der Waals surface area contributed by atoms with Crippen molar-refractivity contribution in [1.29, 1.82) is 0 Å². The molecule has 0 aliphatic carbocycles. The standard InChI is InChI=1S/C16H18N2O2/c1-3-9-17-16(20)11-15-14-7-5-4-6-13(14)8-10-18(15)12(2)19/h1,4-7,15H,8-11H2,2H3,(H,17,20). The smallest absolute Gasteiger partial charge is 0.223 e. The summed E-state index contributed by atoms with van der Waals surface area (Å²) in [7, 11) is 0. The van der Waals surface area contributed by atoms with Gasteiger partial charge >= 0.3 is 0 Å². The van der Waals surface area contributed by atoms with Gasteiger partial charge in [0.2, 0.25) is 11.8 Å². The lowest BCUT2D eigenvalue weighted by Crippen LogP contribution is -2.41. The average molecular weight is 270 g/mol. The van der Waals surface area contributed by atoms with E-state index in [-0.39, 0.29) is 30.8 Å². The van der Waals surface area contributed by atoms with E-state index < -0.39 is 0 Å². The topological polar surface area (TPSA) is 49.4 Å². The maximum Gasteiger partial charge on any atom is 0.223 e. The van der Waals surface area contributed by atoms with Gasteiger partial charge in [-0.25, -0.2) is 0 Å². The van der Waals surface area contributed by atoms with E-state index in [0.717, 1.165) is 12.0 Å². The van der Waals surface area contributed by atoms with E-state index in [9.17, 15) is 9.59 Å². The quantitative estimate of drug-likeness (QED) is 0.841. The van der Waals surface area contributed by atoms with Crippen LogP contribution >= 0.6 is 0 Å². The molecule has 0 bridgehead atoms. The fourth-order valence-electron chi connectivity index (χ4n) is 2.65. The zero-order valence-electron chi connectivity index (χ0n) is 11.6. The average Bonchev–Trinajstić information content (AvgIpc) is 2.45. The van der Waals surface area contributed by atoms with Gasteiger partial charge in [0.1, 0.15) is 0 Å². The first kappa shape index (κ1) is 14.1. The van der Waals surface area contributed by atoms with Crippen molar-refractivity contribution in [2.75, 3.05) is 13.1 Å². The highest BCUT2D eigenvalue weighted by molar-refractivity contribution is 5.79. The van der Waals surface area contributed by atoms with Crippen molar-refractivity contribution in [3.8, 4) is 12.3 Å². The van der Waals surface area contributed by atoms with Gasteiger partial charge in [0.25, 0.3) is 0 Å². The number of nitrogens with zero attached hydrogens (tertiary/aromatic N) is 1. The number of amides is 2. The van der Waals surface area contributed by atoms with Gasteiger partial charge in [0, 0.05) is 13.5 Å². The van der Waals surface area contributed by atoms with Crippen LogP contribution in [0.25, 0.3) is 0 Å². The van der Waals surface area contributed by atoms with Crippen LogP contribution in [0, 0.1) is 12.3 Å². The molecule has 0 spiro atoms. The number of nitrogens with one attached hydrogen (secondary N) is 1. The van der Waals surface area contributed by atoms with Crippen molar-refractivity contribution in [2.24, 2.45) is 0 Å². The molecule has 0 radical (unpaired) electrons. The predicted molar refractivity (Wildman–Crippen MR) is 76.7 cm³/mol. The van der Waals surface area contributed by atoms with Crippen LogP contribution in [-0.4, -0.2) is 29.8 Å². The highest BCUT2D eigenvalue weighted by atomic mass is 16.2. The van der Waals surface area contributed by atoms with Crippen LogP contribution in [-0.2, 0) is 16.0 Å². The highest BCUT2D eigenvalue weighted by Crippen LogP contribution is 2.32. The molecule has 0 saturated carbocycles. The number of terminal acetylenes is 1. The van der Waals surface area contributed by atoms with E-state index in [2.05, 4.69) is 17.3 Å². The summed E-state index contributed by atoms with van der Waals surface area (Å²) in [5.41, 5.74) is 2.27. The minimum atomic E-state index is -0.199.